The highest BCUT2D eigenvalue weighted by Gasteiger charge is 2.05. The Kier molecular flexibility index (Phi) is 7.65. The summed E-state index contributed by atoms with van der Waals surface area (Å²) in [6, 6.07) is 16.4. The number of halogens is 1. The van der Waals surface area contributed by atoms with Crippen LogP contribution < -0.4 is 14.8 Å². The minimum atomic E-state index is 0. The van der Waals surface area contributed by atoms with Gasteiger partial charge in [0.15, 0.2) is 11.5 Å². The lowest BCUT2D eigenvalue weighted by molar-refractivity contribution is 0.310. The van der Waals surface area contributed by atoms with Gasteiger partial charge in [0.25, 0.3) is 0 Å². The molecule has 1 N–H and O–H groups in total. The van der Waals surface area contributed by atoms with Gasteiger partial charge in [-0.2, -0.15) is 0 Å². The quantitative estimate of drug-likeness (QED) is 0.844. The SMILES string of the molecule is CCOc1cc(CNCc2ccccc2)ccc1OC.Cl. The van der Waals surface area contributed by atoms with Crippen LogP contribution in [0.2, 0.25) is 0 Å². The van der Waals surface area contributed by atoms with Gasteiger partial charge in [-0.3, -0.25) is 0 Å². The van der Waals surface area contributed by atoms with Crippen LogP contribution >= 0.6 is 12.4 Å². The normalized spacial score (nSPS) is 9.81. The molecule has 0 aliphatic carbocycles. The Labute approximate surface area is 132 Å². The largest absolute Gasteiger partial charge is 0.493 e. The predicted octanol–water partition coefficient (Wildman–Crippen LogP) is 3.81. The lowest BCUT2D eigenvalue weighted by Gasteiger charge is -2.11. The molecule has 0 saturated carbocycles. The maximum absolute atomic E-state index is 5.58. The molecule has 2 aromatic rings. The zero-order valence-electron chi connectivity index (χ0n) is 12.5. The number of hydrogen-bond donors (Lipinski definition) is 1. The van der Waals surface area contributed by atoms with Crippen LogP contribution in [0.25, 0.3) is 0 Å². The second kappa shape index (κ2) is 9.27. The van der Waals surface area contributed by atoms with E-state index in [0.29, 0.717) is 6.61 Å². The number of benzene rings is 2. The van der Waals surface area contributed by atoms with Gasteiger partial charge in [0.05, 0.1) is 13.7 Å². The summed E-state index contributed by atoms with van der Waals surface area (Å²) in [4.78, 5) is 0. The molecule has 0 radical (unpaired) electrons. The Morgan fingerprint density at radius 1 is 0.905 bits per heavy atom. The smallest absolute Gasteiger partial charge is 0.161 e. The van der Waals surface area contributed by atoms with E-state index in [1.165, 1.54) is 11.1 Å². The van der Waals surface area contributed by atoms with Gasteiger partial charge in [-0.05, 0) is 30.2 Å². The van der Waals surface area contributed by atoms with Gasteiger partial charge in [-0.1, -0.05) is 36.4 Å². The summed E-state index contributed by atoms with van der Waals surface area (Å²) in [5, 5.41) is 3.43. The van der Waals surface area contributed by atoms with Crippen molar-refractivity contribution in [2.24, 2.45) is 0 Å². The molecule has 0 amide bonds. The zero-order chi connectivity index (χ0) is 14.2. The molecule has 0 fully saturated rings. The van der Waals surface area contributed by atoms with Crippen LogP contribution in [0.1, 0.15) is 18.1 Å². The van der Waals surface area contributed by atoms with Crippen LogP contribution in [0.4, 0.5) is 0 Å². The van der Waals surface area contributed by atoms with Gasteiger partial charge in [0.1, 0.15) is 0 Å². The summed E-state index contributed by atoms with van der Waals surface area (Å²) in [7, 11) is 1.66. The van der Waals surface area contributed by atoms with E-state index in [1.807, 2.05) is 25.1 Å². The molecule has 2 rings (SSSR count). The standard InChI is InChI=1S/C17H21NO2.ClH/c1-3-20-17-11-15(9-10-16(17)19-2)13-18-12-14-7-5-4-6-8-14;/h4-11,18H,3,12-13H2,1-2H3;1H. The first kappa shape index (κ1) is 17.3. The van der Waals surface area contributed by atoms with Crippen LogP contribution in [-0.4, -0.2) is 13.7 Å². The van der Waals surface area contributed by atoms with Gasteiger partial charge in [0.2, 0.25) is 0 Å². The number of ether oxygens (including phenoxy) is 2. The minimum Gasteiger partial charge on any atom is -0.493 e. The van der Waals surface area contributed by atoms with Crippen LogP contribution in [0, 0.1) is 0 Å². The van der Waals surface area contributed by atoms with Crippen molar-refractivity contribution >= 4 is 12.4 Å². The van der Waals surface area contributed by atoms with E-state index in [9.17, 15) is 0 Å². The Hall–Kier alpha value is -1.71. The summed E-state index contributed by atoms with van der Waals surface area (Å²) in [6.45, 7) is 4.27. The fourth-order valence-corrected chi connectivity index (χ4v) is 2.05. The molecule has 3 nitrogen and oxygen atoms in total. The number of nitrogens with one attached hydrogen (secondary N) is 1. The minimum absolute atomic E-state index is 0. The average molecular weight is 308 g/mol. The second-order valence-electron chi connectivity index (χ2n) is 4.51. The van der Waals surface area contributed by atoms with Crippen molar-refractivity contribution in [3.05, 3.63) is 59.7 Å². The van der Waals surface area contributed by atoms with Gasteiger partial charge in [0, 0.05) is 13.1 Å². The highest BCUT2D eigenvalue weighted by atomic mass is 35.5. The Morgan fingerprint density at radius 2 is 1.62 bits per heavy atom. The highest BCUT2D eigenvalue weighted by Crippen LogP contribution is 2.27. The number of hydrogen-bond acceptors (Lipinski definition) is 3. The molecule has 0 unspecified atom stereocenters. The van der Waals surface area contributed by atoms with Crippen LogP contribution in [0.3, 0.4) is 0 Å². The maximum atomic E-state index is 5.58. The average Bonchev–Trinajstić information content (AvgIpc) is 2.49. The molecular formula is C17H22ClNO2. The van der Waals surface area contributed by atoms with E-state index in [4.69, 9.17) is 9.47 Å². The first-order valence-electron chi connectivity index (χ1n) is 6.88. The first-order chi connectivity index (χ1) is 9.83. The van der Waals surface area contributed by atoms with E-state index in [0.717, 1.165) is 24.6 Å². The van der Waals surface area contributed by atoms with Gasteiger partial charge in [-0.25, -0.2) is 0 Å². The molecule has 0 bridgehead atoms. The molecule has 0 atom stereocenters. The van der Waals surface area contributed by atoms with Crippen molar-refractivity contribution in [1.82, 2.24) is 5.32 Å². The molecule has 0 saturated heterocycles. The fourth-order valence-electron chi connectivity index (χ4n) is 2.05. The molecule has 0 aliphatic heterocycles. The molecule has 0 heterocycles. The second-order valence-corrected chi connectivity index (χ2v) is 4.51. The maximum Gasteiger partial charge on any atom is 0.161 e. The molecule has 4 heteroatoms. The Balaban J connectivity index is 0.00000220. The molecular weight excluding hydrogens is 286 g/mol. The predicted molar refractivity (Wildman–Crippen MR) is 88.4 cm³/mol. The summed E-state index contributed by atoms with van der Waals surface area (Å²) in [5.41, 5.74) is 2.47. The third-order valence-corrected chi connectivity index (χ3v) is 3.03. The van der Waals surface area contributed by atoms with Crippen molar-refractivity contribution in [3.63, 3.8) is 0 Å². The summed E-state index contributed by atoms with van der Waals surface area (Å²) in [6.07, 6.45) is 0. The monoisotopic (exact) mass is 307 g/mol. The molecule has 0 spiro atoms. The Bertz CT molecular complexity index is 532. The lowest BCUT2D eigenvalue weighted by atomic mass is 10.2. The van der Waals surface area contributed by atoms with Crippen molar-refractivity contribution < 1.29 is 9.47 Å². The summed E-state index contributed by atoms with van der Waals surface area (Å²) >= 11 is 0. The van der Waals surface area contributed by atoms with Crippen LogP contribution in [-0.2, 0) is 13.1 Å². The number of rotatable bonds is 7. The topological polar surface area (TPSA) is 30.5 Å². The van der Waals surface area contributed by atoms with Gasteiger partial charge >= 0.3 is 0 Å². The lowest BCUT2D eigenvalue weighted by Crippen LogP contribution is -2.12. The van der Waals surface area contributed by atoms with Crippen LogP contribution in [0.5, 0.6) is 11.5 Å². The molecule has 0 aliphatic rings. The van der Waals surface area contributed by atoms with Crippen molar-refractivity contribution in [1.29, 1.82) is 0 Å². The molecule has 0 aromatic heterocycles. The molecule has 2 aromatic carbocycles. The van der Waals surface area contributed by atoms with Gasteiger partial charge < -0.3 is 14.8 Å². The number of methoxy groups -OCH3 is 1. The van der Waals surface area contributed by atoms with E-state index < -0.39 is 0 Å². The van der Waals surface area contributed by atoms with Crippen LogP contribution in [0.15, 0.2) is 48.5 Å². The highest BCUT2D eigenvalue weighted by molar-refractivity contribution is 5.85. The van der Waals surface area contributed by atoms with E-state index in [2.05, 4.69) is 35.6 Å². The summed E-state index contributed by atoms with van der Waals surface area (Å²) in [5.74, 6) is 1.58. The fraction of sp³-hybridized carbons (Fsp3) is 0.294. The Morgan fingerprint density at radius 3 is 2.29 bits per heavy atom. The molecule has 21 heavy (non-hydrogen) atoms. The summed E-state index contributed by atoms with van der Waals surface area (Å²) < 4.78 is 10.9. The van der Waals surface area contributed by atoms with Crippen molar-refractivity contribution in [2.75, 3.05) is 13.7 Å². The van der Waals surface area contributed by atoms with E-state index >= 15 is 0 Å². The third kappa shape index (κ3) is 5.29. The van der Waals surface area contributed by atoms with Gasteiger partial charge in [-0.15, -0.1) is 12.4 Å². The zero-order valence-corrected chi connectivity index (χ0v) is 13.3. The van der Waals surface area contributed by atoms with E-state index in [1.54, 1.807) is 7.11 Å². The van der Waals surface area contributed by atoms with Crippen molar-refractivity contribution in [2.45, 2.75) is 20.0 Å². The first-order valence-corrected chi connectivity index (χ1v) is 6.88. The van der Waals surface area contributed by atoms with Crippen molar-refractivity contribution in [3.8, 4) is 11.5 Å². The third-order valence-electron chi connectivity index (χ3n) is 3.03. The van der Waals surface area contributed by atoms with E-state index in [-0.39, 0.29) is 12.4 Å². The molecule has 114 valence electrons.